The van der Waals surface area contributed by atoms with Gasteiger partial charge in [-0.15, -0.1) is 0 Å². The van der Waals surface area contributed by atoms with Crippen LogP contribution in [0.2, 0.25) is 5.02 Å². The highest BCUT2D eigenvalue weighted by Gasteiger charge is 2.12. The molecule has 0 aliphatic rings. The highest BCUT2D eigenvalue weighted by atomic mass is 35.5. The summed E-state index contributed by atoms with van der Waals surface area (Å²) in [5.74, 6) is 0.760. The van der Waals surface area contributed by atoms with E-state index >= 15 is 0 Å². The van der Waals surface area contributed by atoms with Crippen molar-refractivity contribution in [1.29, 1.82) is 5.41 Å². The van der Waals surface area contributed by atoms with Crippen LogP contribution in [0.15, 0.2) is 32.7 Å². The largest absolute Gasteiger partial charge is 0.436 e. The number of nitrogen functional groups attached to an aromatic ring is 1. The SMILES string of the molecule is Cc1nc(Sc2ccc(Cl)cc2C(=N)N)oc1C. The molecule has 1 aromatic carbocycles. The quantitative estimate of drug-likeness (QED) is 0.668. The predicted octanol–water partition coefficient (Wildman–Crippen LogP) is 3.38. The molecule has 0 saturated carbocycles. The van der Waals surface area contributed by atoms with E-state index in [4.69, 9.17) is 27.2 Å². The van der Waals surface area contributed by atoms with Gasteiger partial charge in [0, 0.05) is 15.5 Å². The van der Waals surface area contributed by atoms with Crippen LogP contribution in [0, 0.1) is 19.3 Å². The van der Waals surface area contributed by atoms with Crippen LogP contribution in [-0.2, 0) is 0 Å². The third-order valence-corrected chi connectivity index (χ3v) is 3.60. The van der Waals surface area contributed by atoms with Crippen molar-refractivity contribution in [2.24, 2.45) is 5.73 Å². The fourth-order valence-corrected chi connectivity index (χ4v) is 2.51. The van der Waals surface area contributed by atoms with Gasteiger partial charge in [0.05, 0.1) is 5.69 Å². The molecular formula is C12H12ClN3OS. The second kappa shape index (κ2) is 5.04. The minimum absolute atomic E-state index is 0.0278. The number of hydrogen-bond donors (Lipinski definition) is 2. The van der Waals surface area contributed by atoms with Crippen molar-refractivity contribution in [3.05, 3.63) is 40.2 Å². The molecule has 0 amide bonds. The van der Waals surface area contributed by atoms with Crippen molar-refractivity contribution >= 4 is 29.2 Å². The van der Waals surface area contributed by atoms with Gasteiger partial charge in [0.25, 0.3) is 5.22 Å². The number of nitrogens with one attached hydrogen (secondary N) is 1. The number of oxazole rings is 1. The predicted molar refractivity (Wildman–Crippen MR) is 72.6 cm³/mol. The Morgan fingerprint density at radius 2 is 2.17 bits per heavy atom. The zero-order valence-electron chi connectivity index (χ0n) is 9.95. The van der Waals surface area contributed by atoms with Gasteiger partial charge in [-0.25, -0.2) is 4.98 Å². The molecule has 0 radical (unpaired) electrons. The van der Waals surface area contributed by atoms with Gasteiger partial charge in [0.1, 0.15) is 11.6 Å². The third kappa shape index (κ3) is 2.68. The maximum Gasteiger partial charge on any atom is 0.261 e. The highest BCUT2D eigenvalue weighted by molar-refractivity contribution is 7.99. The molecule has 0 unspecified atom stereocenters. The van der Waals surface area contributed by atoms with E-state index in [1.165, 1.54) is 11.8 Å². The summed E-state index contributed by atoms with van der Waals surface area (Å²) in [7, 11) is 0. The van der Waals surface area contributed by atoms with Gasteiger partial charge in [-0.1, -0.05) is 11.6 Å². The van der Waals surface area contributed by atoms with Gasteiger partial charge in [-0.2, -0.15) is 0 Å². The van der Waals surface area contributed by atoms with E-state index in [0.717, 1.165) is 16.3 Å². The van der Waals surface area contributed by atoms with Crippen LogP contribution >= 0.6 is 23.4 Å². The summed E-state index contributed by atoms with van der Waals surface area (Å²) in [6.45, 7) is 3.75. The van der Waals surface area contributed by atoms with E-state index in [1.54, 1.807) is 18.2 Å². The number of aromatic nitrogens is 1. The molecule has 3 N–H and O–H groups in total. The number of halogens is 1. The molecule has 2 rings (SSSR count). The Hall–Kier alpha value is -1.46. The second-order valence-electron chi connectivity index (χ2n) is 3.78. The lowest BCUT2D eigenvalue weighted by Gasteiger charge is -2.05. The zero-order valence-corrected chi connectivity index (χ0v) is 11.5. The van der Waals surface area contributed by atoms with Crippen LogP contribution in [0.1, 0.15) is 17.0 Å². The summed E-state index contributed by atoms with van der Waals surface area (Å²) in [5, 5.41) is 8.62. The molecule has 0 atom stereocenters. The van der Waals surface area contributed by atoms with Crippen molar-refractivity contribution in [3.8, 4) is 0 Å². The number of nitrogens with two attached hydrogens (primary N) is 1. The molecule has 6 heteroatoms. The lowest BCUT2D eigenvalue weighted by Crippen LogP contribution is -2.12. The standard InChI is InChI=1S/C12H12ClN3OS/c1-6-7(2)17-12(16-6)18-10-4-3-8(13)5-9(10)11(14)15/h3-5H,1-2H3,(H3,14,15). The van der Waals surface area contributed by atoms with E-state index in [1.807, 2.05) is 13.8 Å². The summed E-state index contributed by atoms with van der Waals surface area (Å²) in [6.07, 6.45) is 0. The van der Waals surface area contributed by atoms with Crippen molar-refractivity contribution in [2.45, 2.75) is 24.0 Å². The molecule has 0 saturated heterocycles. The van der Waals surface area contributed by atoms with E-state index in [2.05, 4.69) is 4.98 Å². The summed E-state index contributed by atoms with van der Waals surface area (Å²) in [6, 6.07) is 5.21. The van der Waals surface area contributed by atoms with Crippen LogP contribution in [-0.4, -0.2) is 10.8 Å². The minimum atomic E-state index is -0.0278. The van der Waals surface area contributed by atoms with E-state index in [9.17, 15) is 0 Å². The van der Waals surface area contributed by atoms with Gasteiger partial charge in [-0.05, 0) is 43.8 Å². The van der Waals surface area contributed by atoms with Crippen molar-refractivity contribution in [3.63, 3.8) is 0 Å². The Kier molecular flexibility index (Phi) is 3.63. The molecule has 0 aliphatic carbocycles. The average Bonchev–Trinajstić information content (AvgIpc) is 2.60. The molecule has 2 aromatic rings. The molecule has 94 valence electrons. The third-order valence-electron chi connectivity index (χ3n) is 2.44. The monoisotopic (exact) mass is 281 g/mol. The van der Waals surface area contributed by atoms with E-state index < -0.39 is 0 Å². The first-order valence-corrected chi connectivity index (χ1v) is 6.42. The Labute approximate surface area is 114 Å². The van der Waals surface area contributed by atoms with E-state index in [0.29, 0.717) is 15.8 Å². The van der Waals surface area contributed by atoms with Crippen LogP contribution in [0.4, 0.5) is 0 Å². The van der Waals surface area contributed by atoms with E-state index in [-0.39, 0.29) is 5.84 Å². The second-order valence-corrected chi connectivity index (χ2v) is 5.21. The first kappa shape index (κ1) is 13.0. The Bertz CT molecular complexity index is 590. The molecular weight excluding hydrogens is 270 g/mol. The van der Waals surface area contributed by atoms with Gasteiger partial charge in [-0.3, -0.25) is 5.41 Å². The highest BCUT2D eigenvalue weighted by Crippen LogP contribution is 2.32. The molecule has 18 heavy (non-hydrogen) atoms. The zero-order chi connectivity index (χ0) is 13.3. The fourth-order valence-electron chi connectivity index (χ4n) is 1.38. The number of hydrogen-bond acceptors (Lipinski definition) is 4. The smallest absolute Gasteiger partial charge is 0.261 e. The van der Waals surface area contributed by atoms with Gasteiger partial charge >= 0.3 is 0 Å². The number of aryl methyl sites for hydroxylation is 2. The van der Waals surface area contributed by atoms with Crippen LogP contribution in [0.5, 0.6) is 0 Å². The average molecular weight is 282 g/mol. The number of benzene rings is 1. The van der Waals surface area contributed by atoms with Crippen molar-refractivity contribution in [2.75, 3.05) is 0 Å². The van der Waals surface area contributed by atoms with Gasteiger partial charge in [0.2, 0.25) is 0 Å². The topological polar surface area (TPSA) is 75.9 Å². The summed E-state index contributed by atoms with van der Waals surface area (Å²) in [4.78, 5) is 5.08. The molecule has 1 aromatic heterocycles. The summed E-state index contributed by atoms with van der Waals surface area (Å²) < 4.78 is 5.49. The van der Waals surface area contributed by atoms with Gasteiger partial charge in [0.15, 0.2) is 0 Å². The molecule has 4 nitrogen and oxygen atoms in total. The van der Waals surface area contributed by atoms with Crippen LogP contribution in [0.3, 0.4) is 0 Å². The Morgan fingerprint density at radius 1 is 1.44 bits per heavy atom. The molecule has 0 bridgehead atoms. The Morgan fingerprint density at radius 3 is 2.72 bits per heavy atom. The Balaban J connectivity index is 2.36. The summed E-state index contributed by atoms with van der Waals surface area (Å²) in [5.41, 5.74) is 6.97. The normalized spacial score (nSPS) is 10.6. The molecule has 0 spiro atoms. The minimum Gasteiger partial charge on any atom is -0.436 e. The van der Waals surface area contributed by atoms with Crippen molar-refractivity contribution in [1.82, 2.24) is 4.98 Å². The summed E-state index contributed by atoms with van der Waals surface area (Å²) >= 11 is 7.22. The lowest BCUT2D eigenvalue weighted by atomic mass is 10.2. The first-order valence-electron chi connectivity index (χ1n) is 5.23. The molecule has 0 aliphatic heterocycles. The van der Waals surface area contributed by atoms with Crippen LogP contribution in [0.25, 0.3) is 0 Å². The molecule has 0 fully saturated rings. The van der Waals surface area contributed by atoms with Crippen LogP contribution < -0.4 is 5.73 Å². The number of amidine groups is 1. The molecule has 1 heterocycles. The number of nitrogens with zero attached hydrogens (tertiary/aromatic N) is 1. The first-order chi connectivity index (χ1) is 8.47. The van der Waals surface area contributed by atoms with Gasteiger partial charge < -0.3 is 10.2 Å². The number of rotatable bonds is 3. The lowest BCUT2D eigenvalue weighted by molar-refractivity contribution is 0.431. The van der Waals surface area contributed by atoms with Crippen molar-refractivity contribution < 1.29 is 4.42 Å². The fraction of sp³-hybridized carbons (Fsp3) is 0.167. The maximum absolute atomic E-state index is 7.54. The maximum atomic E-state index is 7.54.